The molecule has 0 radical (unpaired) electrons. The van der Waals surface area contributed by atoms with Gasteiger partial charge >= 0.3 is 0 Å². The van der Waals surface area contributed by atoms with Crippen LogP contribution in [0.5, 0.6) is 0 Å². The predicted octanol–water partition coefficient (Wildman–Crippen LogP) is 4.44. The Kier molecular flexibility index (Phi) is 5.87. The minimum absolute atomic E-state index is 0.0383. The van der Waals surface area contributed by atoms with Crippen molar-refractivity contribution in [3.8, 4) is 11.3 Å². The van der Waals surface area contributed by atoms with E-state index in [0.29, 0.717) is 4.88 Å². The molecule has 1 amide bonds. The summed E-state index contributed by atoms with van der Waals surface area (Å²) in [5.41, 5.74) is 3.16. The molecule has 2 aromatic heterocycles. The van der Waals surface area contributed by atoms with E-state index in [1.807, 2.05) is 30.6 Å². The molecular weight excluding hydrogens is 460 g/mol. The summed E-state index contributed by atoms with van der Waals surface area (Å²) in [6.45, 7) is 1.70. The van der Waals surface area contributed by atoms with Crippen molar-refractivity contribution in [2.75, 3.05) is 13.1 Å². The number of carbonyl (C=O) groups excluding carboxylic acids is 1. The van der Waals surface area contributed by atoms with Crippen LogP contribution in [0.1, 0.15) is 27.6 Å². The molecule has 5 nitrogen and oxygen atoms in total. The van der Waals surface area contributed by atoms with Gasteiger partial charge < -0.3 is 10.6 Å². The largest absolute Gasteiger partial charge is 0.347 e. The van der Waals surface area contributed by atoms with Gasteiger partial charge in [0.1, 0.15) is 0 Å². The lowest BCUT2D eigenvalue weighted by atomic mass is 9.86. The second-order valence-corrected chi connectivity index (χ2v) is 9.10. The van der Waals surface area contributed by atoms with Crippen molar-refractivity contribution in [3.05, 3.63) is 61.8 Å². The van der Waals surface area contributed by atoms with Crippen LogP contribution in [-0.4, -0.2) is 34.8 Å². The Hall–Kier alpha value is -1.67. The smallest absolute Gasteiger partial charge is 0.261 e. The zero-order valence-corrected chi connectivity index (χ0v) is 18.4. The third-order valence-electron chi connectivity index (χ3n) is 5.09. The lowest BCUT2D eigenvalue weighted by Crippen LogP contribution is -2.49. The average Bonchev–Trinajstić information content (AvgIpc) is 3.29. The Labute approximate surface area is 181 Å². The third kappa shape index (κ3) is 4.03. The fourth-order valence-electron chi connectivity index (χ4n) is 3.67. The van der Waals surface area contributed by atoms with E-state index in [1.165, 1.54) is 16.9 Å². The van der Waals surface area contributed by atoms with Gasteiger partial charge in [0.05, 0.1) is 21.2 Å². The molecule has 1 aromatic carbocycles. The standard InChI is InChI=1S/C20H20BrClN4OS/c1-26-19(16(21)9-24-26)13-8-18(28-11-13)20(27)25-17-10-23-7-6-15(17)12-2-4-14(22)5-3-12/h2-5,8-9,11,15,17,23H,6-7,10H2,1H3,(H,25,27)/t15-,17+/m1/s1. The zero-order chi connectivity index (χ0) is 19.7. The van der Waals surface area contributed by atoms with E-state index in [9.17, 15) is 4.79 Å². The molecule has 3 heterocycles. The molecule has 0 spiro atoms. The van der Waals surface area contributed by atoms with Gasteiger partial charge in [0.15, 0.2) is 0 Å². The molecule has 4 rings (SSSR count). The maximum Gasteiger partial charge on any atom is 0.261 e. The number of aromatic nitrogens is 2. The summed E-state index contributed by atoms with van der Waals surface area (Å²) in [5, 5.41) is 13.6. The predicted molar refractivity (Wildman–Crippen MR) is 117 cm³/mol. The summed E-state index contributed by atoms with van der Waals surface area (Å²) in [7, 11) is 1.89. The Bertz CT molecular complexity index is 965. The van der Waals surface area contributed by atoms with Gasteiger partial charge in [0, 0.05) is 41.5 Å². The first-order valence-electron chi connectivity index (χ1n) is 9.06. The molecule has 0 saturated carbocycles. The summed E-state index contributed by atoms with van der Waals surface area (Å²) in [4.78, 5) is 13.6. The fraction of sp³-hybridized carbons (Fsp3) is 0.300. The first-order valence-corrected chi connectivity index (χ1v) is 11.1. The number of amides is 1. The van der Waals surface area contributed by atoms with Crippen molar-refractivity contribution >= 4 is 44.8 Å². The van der Waals surface area contributed by atoms with Gasteiger partial charge in [-0.3, -0.25) is 9.48 Å². The topological polar surface area (TPSA) is 59.0 Å². The molecular formula is C20H20BrClN4OS. The van der Waals surface area contributed by atoms with Crippen LogP contribution in [0.15, 0.2) is 46.4 Å². The number of hydrogen-bond donors (Lipinski definition) is 2. The minimum Gasteiger partial charge on any atom is -0.347 e. The molecule has 8 heteroatoms. The van der Waals surface area contributed by atoms with Gasteiger partial charge in [-0.1, -0.05) is 23.7 Å². The van der Waals surface area contributed by atoms with Crippen LogP contribution in [0.4, 0.5) is 0 Å². The van der Waals surface area contributed by atoms with Gasteiger partial charge in [0.2, 0.25) is 0 Å². The first kappa shape index (κ1) is 19.6. The van der Waals surface area contributed by atoms with E-state index in [4.69, 9.17) is 11.6 Å². The summed E-state index contributed by atoms with van der Waals surface area (Å²) in [6, 6.07) is 9.90. The molecule has 2 atom stereocenters. The molecule has 0 unspecified atom stereocenters. The molecule has 146 valence electrons. The van der Waals surface area contributed by atoms with Crippen molar-refractivity contribution in [2.45, 2.75) is 18.4 Å². The molecule has 1 fully saturated rings. The van der Waals surface area contributed by atoms with E-state index >= 15 is 0 Å². The molecule has 1 aliphatic heterocycles. The number of aryl methyl sites for hydroxylation is 1. The number of halogens is 2. The summed E-state index contributed by atoms with van der Waals surface area (Å²) >= 11 is 11.0. The van der Waals surface area contributed by atoms with Crippen molar-refractivity contribution in [2.24, 2.45) is 7.05 Å². The summed E-state index contributed by atoms with van der Waals surface area (Å²) < 4.78 is 2.72. The number of thiophene rings is 1. The van der Waals surface area contributed by atoms with E-state index < -0.39 is 0 Å². The van der Waals surface area contributed by atoms with Crippen molar-refractivity contribution in [3.63, 3.8) is 0 Å². The monoisotopic (exact) mass is 478 g/mol. The first-order chi connectivity index (χ1) is 13.5. The van der Waals surface area contributed by atoms with Crippen LogP contribution in [0.25, 0.3) is 11.3 Å². The fourth-order valence-corrected chi connectivity index (χ4v) is 5.17. The number of piperidine rings is 1. The number of nitrogens with zero attached hydrogens (tertiary/aromatic N) is 2. The minimum atomic E-state index is -0.0396. The number of nitrogens with one attached hydrogen (secondary N) is 2. The summed E-state index contributed by atoms with van der Waals surface area (Å²) in [6.07, 6.45) is 2.74. The van der Waals surface area contributed by atoms with Gasteiger partial charge in [-0.05, 0) is 52.7 Å². The van der Waals surface area contributed by atoms with Gasteiger partial charge in [-0.25, -0.2) is 0 Å². The molecule has 1 saturated heterocycles. The van der Waals surface area contributed by atoms with Crippen LogP contribution in [-0.2, 0) is 7.05 Å². The Morgan fingerprint density at radius 3 is 2.89 bits per heavy atom. The quantitative estimate of drug-likeness (QED) is 0.582. The van der Waals surface area contributed by atoms with Gasteiger partial charge in [0.25, 0.3) is 5.91 Å². The second-order valence-electron chi connectivity index (χ2n) is 6.90. The SMILES string of the molecule is Cn1ncc(Br)c1-c1csc(C(=O)N[C@H]2CNCC[C@@H]2c2ccc(Cl)cc2)c1. The van der Waals surface area contributed by atoms with Crippen LogP contribution in [0.3, 0.4) is 0 Å². The summed E-state index contributed by atoms with van der Waals surface area (Å²) in [5.74, 6) is 0.232. The van der Waals surface area contributed by atoms with Crippen LogP contribution in [0, 0.1) is 0 Å². The maximum atomic E-state index is 12.9. The van der Waals surface area contributed by atoms with Gasteiger partial charge in [-0.2, -0.15) is 5.10 Å². The molecule has 1 aliphatic rings. The number of carbonyl (C=O) groups is 1. The highest BCUT2D eigenvalue weighted by atomic mass is 79.9. The molecule has 3 aromatic rings. The highest BCUT2D eigenvalue weighted by Crippen LogP contribution is 2.32. The van der Waals surface area contributed by atoms with E-state index in [0.717, 1.165) is 40.3 Å². The van der Waals surface area contributed by atoms with E-state index in [-0.39, 0.29) is 17.9 Å². The number of rotatable bonds is 4. The highest BCUT2D eigenvalue weighted by molar-refractivity contribution is 9.10. The maximum absolute atomic E-state index is 12.9. The Morgan fingerprint density at radius 2 is 2.18 bits per heavy atom. The second kappa shape index (κ2) is 8.37. The van der Waals surface area contributed by atoms with E-state index in [2.05, 4.69) is 43.8 Å². The Balaban J connectivity index is 1.51. The van der Waals surface area contributed by atoms with Crippen molar-refractivity contribution < 1.29 is 4.79 Å². The molecule has 0 aliphatic carbocycles. The number of hydrogen-bond acceptors (Lipinski definition) is 4. The molecule has 2 N–H and O–H groups in total. The Morgan fingerprint density at radius 1 is 1.39 bits per heavy atom. The molecule has 0 bridgehead atoms. The lowest BCUT2D eigenvalue weighted by molar-refractivity contribution is 0.0928. The van der Waals surface area contributed by atoms with Crippen LogP contribution < -0.4 is 10.6 Å². The average molecular weight is 480 g/mol. The van der Waals surface area contributed by atoms with Crippen LogP contribution in [0.2, 0.25) is 5.02 Å². The van der Waals surface area contributed by atoms with Gasteiger partial charge in [-0.15, -0.1) is 11.3 Å². The van der Waals surface area contributed by atoms with E-state index in [1.54, 1.807) is 10.9 Å². The van der Waals surface area contributed by atoms with Crippen LogP contribution >= 0.6 is 38.9 Å². The highest BCUT2D eigenvalue weighted by Gasteiger charge is 2.28. The lowest BCUT2D eigenvalue weighted by Gasteiger charge is -2.33. The third-order valence-corrected chi connectivity index (χ3v) is 6.85. The zero-order valence-electron chi connectivity index (χ0n) is 15.3. The van der Waals surface area contributed by atoms with Crippen molar-refractivity contribution in [1.82, 2.24) is 20.4 Å². The molecule has 28 heavy (non-hydrogen) atoms. The normalized spacial score (nSPS) is 19.5. The van der Waals surface area contributed by atoms with Crippen molar-refractivity contribution in [1.29, 1.82) is 0 Å². The number of benzene rings is 1.